The van der Waals surface area contributed by atoms with Gasteiger partial charge >= 0.3 is 5.97 Å². The lowest BCUT2D eigenvalue weighted by Gasteiger charge is -2.15. The Morgan fingerprint density at radius 1 is 1.23 bits per heavy atom. The molecule has 1 amide bonds. The van der Waals surface area contributed by atoms with E-state index in [2.05, 4.69) is 4.72 Å². The molecule has 0 bridgehead atoms. The minimum absolute atomic E-state index is 0.0520. The lowest BCUT2D eigenvalue weighted by Crippen LogP contribution is -2.32. The van der Waals surface area contributed by atoms with E-state index in [1.807, 2.05) is 0 Å². The van der Waals surface area contributed by atoms with Crippen LogP contribution in [0.3, 0.4) is 0 Å². The van der Waals surface area contributed by atoms with Gasteiger partial charge in [-0.3, -0.25) is 4.79 Å². The SMILES string of the molecule is COc1ccc(C(=O)OCC(=O)N2CCCC2)cc1S(=O)(=O)NC1CC1. The molecule has 0 radical (unpaired) electrons. The standard InChI is InChI=1S/C17H22N2O6S/c1-24-14-7-4-12(10-15(14)26(22,23)18-13-5-6-13)17(21)25-11-16(20)19-8-2-3-9-19/h4,7,10,13,18H,2-3,5-6,8-9,11H2,1H3. The second-order valence-corrected chi connectivity index (χ2v) is 8.11. The van der Waals surface area contributed by atoms with Gasteiger partial charge in [0.05, 0.1) is 12.7 Å². The summed E-state index contributed by atoms with van der Waals surface area (Å²) in [7, 11) is -2.44. The van der Waals surface area contributed by atoms with E-state index in [0.29, 0.717) is 13.1 Å². The minimum atomic E-state index is -3.80. The quantitative estimate of drug-likeness (QED) is 0.704. The molecule has 26 heavy (non-hydrogen) atoms. The molecule has 1 saturated carbocycles. The number of sulfonamides is 1. The Morgan fingerprint density at radius 3 is 2.54 bits per heavy atom. The summed E-state index contributed by atoms with van der Waals surface area (Å²) >= 11 is 0. The third-order valence-corrected chi connectivity index (χ3v) is 5.92. The number of ether oxygens (including phenoxy) is 2. The third-order valence-electron chi connectivity index (χ3n) is 4.37. The van der Waals surface area contributed by atoms with Crippen molar-refractivity contribution in [1.82, 2.24) is 9.62 Å². The van der Waals surface area contributed by atoms with Crippen molar-refractivity contribution in [3.05, 3.63) is 23.8 Å². The van der Waals surface area contributed by atoms with Gasteiger partial charge in [0.15, 0.2) is 6.61 Å². The molecule has 8 nitrogen and oxygen atoms in total. The number of rotatable bonds is 7. The average Bonchev–Trinajstić information content (AvgIpc) is 3.25. The molecule has 2 aliphatic rings. The number of hydrogen-bond acceptors (Lipinski definition) is 6. The van der Waals surface area contributed by atoms with Crippen molar-refractivity contribution >= 4 is 21.9 Å². The van der Waals surface area contributed by atoms with Gasteiger partial charge in [0.25, 0.3) is 5.91 Å². The number of carbonyl (C=O) groups excluding carboxylic acids is 2. The van der Waals surface area contributed by atoms with Gasteiger partial charge in [-0.15, -0.1) is 0 Å². The van der Waals surface area contributed by atoms with Crippen LogP contribution in [-0.2, 0) is 19.6 Å². The van der Waals surface area contributed by atoms with Crippen LogP contribution in [0.15, 0.2) is 23.1 Å². The summed E-state index contributed by atoms with van der Waals surface area (Å²) in [6.45, 7) is 0.996. The number of carbonyl (C=O) groups is 2. The monoisotopic (exact) mass is 382 g/mol. The first-order chi connectivity index (χ1) is 12.4. The Labute approximate surface area is 152 Å². The highest BCUT2D eigenvalue weighted by atomic mass is 32.2. The molecule has 142 valence electrons. The smallest absolute Gasteiger partial charge is 0.338 e. The van der Waals surface area contributed by atoms with Crippen molar-refractivity contribution in [3.63, 3.8) is 0 Å². The Bertz CT molecular complexity index is 797. The van der Waals surface area contributed by atoms with Crippen molar-refractivity contribution in [3.8, 4) is 5.75 Å². The van der Waals surface area contributed by atoms with Crippen molar-refractivity contribution in [2.24, 2.45) is 0 Å². The summed E-state index contributed by atoms with van der Waals surface area (Å²) in [4.78, 5) is 25.7. The molecular weight excluding hydrogens is 360 g/mol. The van der Waals surface area contributed by atoms with E-state index in [4.69, 9.17) is 9.47 Å². The van der Waals surface area contributed by atoms with E-state index >= 15 is 0 Å². The summed E-state index contributed by atoms with van der Waals surface area (Å²) < 4.78 is 37.7. The normalized spacial score (nSPS) is 17.2. The number of hydrogen-bond donors (Lipinski definition) is 1. The summed E-state index contributed by atoms with van der Waals surface area (Å²) in [5.41, 5.74) is 0.0520. The zero-order valence-corrected chi connectivity index (χ0v) is 15.4. The third kappa shape index (κ3) is 4.34. The second-order valence-electron chi connectivity index (χ2n) is 6.43. The number of methoxy groups -OCH3 is 1. The van der Waals surface area contributed by atoms with E-state index in [1.165, 1.54) is 25.3 Å². The molecule has 1 aromatic carbocycles. The Morgan fingerprint density at radius 2 is 1.92 bits per heavy atom. The Kier molecular flexibility index (Phi) is 5.47. The van der Waals surface area contributed by atoms with Gasteiger partial charge in [-0.25, -0.2) is 17.9 Å². The van der Waals surface area contributed by atoms with Gasteiger partial charge in [0.1, 0.15) is 10.6 Å². The van der Waals surface area contributed by atoms with Gasteiger partial charge in [-0.05, 0) is 43.9 Å². The Balaban J connectivity index is 1.71. The van der Waals surface area contributed by atoms with Crippen LogP contribution in [0.1, 0.15) is 36.0 Å². The fourth-order valence-corrected chi connectivity index (χ4v) is 4.27. The largest absolute Gasteiger partial charge is 0.495 e. The topological polar surface area (TPSA) is 102 Å². The number of amides is 1. The predicted molar refractivity (Wildman–Crippen MR) is 92.4 cm³/mol. The van der Waals surface area contributed by atoms with Crippen LogP contribution >= 0.6 is 0 Å². The van der Waals surface area contributed by atoms with Crippen LogP contribution < -0.4 is 9.46 Å². The van der Waals surface area contributed by atoms with Crippen molar-refractivity contribution < 1.29 is 27.5 Å². The van der Waals surface area contributed by atoms with Gasteiger partial charge in [-0.1, -0.05) is 0 Å². The molecule has 1 aromatic rings. The maximum atomic E-state index is 12.5. The first-order valence-corrected chi connectivity index (χ1v) is 10.0. The lowest BCUT2D eigenvalue weighted by atomic mass is 10.2. The molecule has 1 aliphatic heterocycles. The minimum Gasteiger partial charge on any atom is -0.495 e. The predicted octanol–water partition coefficient (Wildman–Crippen LogP) is 0.915. The van der Waals surface area contributed by atoms with E-state index in [-0.39, 0.29) is 34.8 Å². The molecule has 9 heteroatoms. The number of likely N-dealkylation sites (tertiary alicyclic amines) is 1. The van der Waals surface area contributed by atoms with Gasteiger partial charge in [-0.2, -0.15) is 0 Å². The summed E-state index contributed by atoms with van der Waals surface area (Å²) in [6, 6.07) is 3.96. The molecule has 3 rings (SSSR count). The molecule has 0 unspecified atom stereocenters. The highest BCUT2D eigenvalue weighted by Gasteiger charge is 2.30. The lowest BCUT2D eigenvalue weighted by molar-refractivity contribution is -0.133. The first-order valence-electron chi connectivity index (χ1n) is 8.56. The Hall–Kier alpha value is -2.13. The van der Waals surface area contributed by atoms with E-state index < -0.39 is 16.0 Å². The highest BCUT2D eigenvalue weighted by Crippen LogP contribution is 2.28. The fraction of sp³-hybridized carbons (Fsp3) is 0.529. The zero-order valence-electron chi connectivity index (χ0n) is 14.6. The molecular formula is C17H22N2O6S. The summed E-state index contributed by atoms with van der Waals surface area (Å²) in [5, 5.41) is 0. The second kappa shape index (κ2) is 7.63. The van der Waals surface area contributed by atoms with Crippen molar-refractivity contribution in [2.75, 3.05) is 26.8 Å². The maximum Gasteiger partial charge on any atom is 0.338 e. The van der Waals surface area contributed by atoms with Crippen LogP contribution in [-0.4, -0.2) is 58.0 Å². The van der Waals surface area contributed by atoms with E-state index in [0.717, 1.165) is 25.7 Å². The molecule has 0 spiro atoms. The van der Waals surface area contributed by atoms with Crippen LogP contribution in [0.2, 0.25) is 0 Å². The molecule has 1 N–H and O–H groups in total. The zero-order chi connectivity index (χ0) is 18.7. The van der Waals surface area contributed by atoms with Gasteiger partial charge in [0, 0.05) is 19.1 Å². The van der Waals surface area contributed by atoms with Crippen LogP contribution in [0.25, 0.3) is 0 Å². The van der Waals surface area contributed by atoms with Gasteiger partial charge < -0.3 is 14.4 Å². The summed E-state index contributed by atoms with van der Waals surface area (Å²) in [5.74, 6) is -0.849. The van der Waals surface area contributed by atoms with E-state index in [1.54, 1.807) is 4.90 Å². The molecule has 1 aliphatic carbocycles. The molecule has 0 aromatic heterocycles. The average molecular weight is 382 g/mol. The number of nitrogens with zero attached hydrogens (tertiary/aromatic N) is 1. The maximum absolute atomic E-state index is 12.5. The fourth-order valence-electron chi connectivity index (χ4n) is 2.77. The molecule has 1 heterocycles. The highest BCUT2D eigenvalue weighted by molar-refractivity contribution is 7.89. The summed E-state index contributed by atoms with van der Waals surface area (Å²) in [6.07, 6.45) is 3.49. The number of esters is 1. The van der Waals surface area contributed by atoms with Crippen LogP contribution in [0.4, 0.5) is 0 Å². The molecule has 1 saturated heterocycles. The van der Waals surface area contributed by atoms with E-state index in [9.17, 15) is 18.0 Å². The van der Waals surface area contributed by atoms with Crippen molar-refractivity contribution in [1.29, 1.82) is 0 Å². The van der Waals surface area contributed by atoms with Crippen LogP contribution in [0, 0.1) is 0 Å². The number of nitrogens with one attached hydrogen (secondary N) is 1. The molecule has 0 atom stereocenters. The van der Waals surface area contributed by atoms with Crippen LogP contribution in [0.5, 0.6) is 5.75 Å². The first kappa shape index (κ1) is 18.7. The molecule has 2 fully saturated rings. The van der Waals surface area contributed by atoms with Gasteiger partial charge in [0.2, 0.25) is 10.0 Å². The number of benzene rings is 1. The van der Waals surface area contributed by atoms with Crippen molar-refractivity contribution in [2.45, 2.75) is 36.6 Å².